The number of amides is 1. The molecule has 1 aliphatic rings. The van der Waals surface area contributed by atoms with E-state index in [1.807, 2.05) is 13.8 Å². The smallest absolute Gasteiger partial charge is 0.406 e. The van der Waals surface area contributed by atoms with Crippen molar-refractivity contribution in [3.8, 4) is 5.75 Å². The Morgan fingerprint density at radius 1 is 1.17 bits per heavy atom. The summed E-state index contributed by atoms with van der Waals surface area (Å²) in [5.41, 5.74) is 2.03. The predicted octanol–water partition coefficient (Wildman–Crippen LogP) is 3.96. The molecule has 0 unspecified atom stereocenters. The lowest BCUT2D eigenvalue weighted by Crippen LogP contribution is -2.48. The fourth-order valence-electron chi connectivity index (χ4n) is 3.36. The maximum absolute atomic E-state index is 12.9. The average Bonchev–Trinajstić information content (AvgIpc) is 3.04. The van der Waals surface area contributed by atoms with Gasteiger partial charge in [0, 0.05) is 38.6 Å². The molecule has 0 radical (unpaired) electrons. The van der Waals surface area contributed by atoms with Gasteiger partial charge in [0.2, 0.25) is 0 Å². The Hall–Kier alpha value is -2.55. The highest BCUT2D eigenvalue weighted by Gasteiger charge is 2.31. The topological polar surface area (TPSA) is 58.8 Å². The van der Waals surface area contributed by atoms with Crippen molar-refractivity contribution in [3.05, 3.63) is 46.8 Å². The summed E-state index contributed by atoms with van der Waals surface area (Å²) in [6, 6.07) is 5.86. The van der Waals surface area contributed by atoms with E-state index in [0.29, 0.717) is 49.7 Å². The maximum atomic E-state index is 12.9. The summed E-state index contributed by atoms with van der Waals surface area (Å²) in [5.74, 6) is 0.374. The molecule has 158 valence electrons. The van der Waals surface area contributed by atoms with Crippen LogP contribution in [0.25, 0.3) is 0 Å². The number of aromatic nitrogens is 1. The first-order valence-electron chi connectivity index (χ1n) is 9.46. The highest BCUT2D eigenvalue weighted by molar-refractivity contribution is 5.96. The molecule has 1 fully saturated rings. The van der Waals surface area contributed by atoms with Crippen molar-refractivity contribution in [1.82, 2.24) is 15.0 Å². The van der Waals surface area contributed by atoms with E-state index in [-0.39, 0.29) is 17.6 Å². The zero-order valence-electron chi connectivity index (χ0n) is 16.6. The van der Waals surface area contributed by atoms with Crippen LogP contribution < -0.4 is 4.74 Å². The van der Waals surface area contributed by atoms with E-state index in [0.717, 1.165) is 5.56 Å². The second-order valence-electron chi connectivity index (χ2n) is 7.42. The van der Waals surface area contributed by atoms with Crippen LogP contribution in [-0.4, -0.2) is 53.4 Å². The second kappa shape index (κ2) is 8.44. The molecule has 0 spiro atoms. The van der Waals surface area contributed by atoms with E-state index >= 15 is 0 Å². The fraction of sp³-hybridized carbons (Fsp3) is 0.500. The summed E-state index contributed by atoms with van der Waals surface area (Å²) >= 11 is 0. The normalized spacial score (nSPS) is 15.8. The predicted molar refractivity (Wildman–Crippen MR) is 99.6 cm³/mol. The SMILES string of the molecule is Cc1noc(C(C)C)c1C(=O)N1CCN(Cc2ccc(OC(F)(F)F)cc2)CC1. The first-order chi connectivity index (χ1) is 13.6. The Morgan fingerprint density at radius 3 is 2.34 bits per heavy atom. The first kappa shape index (κ1) is 21.2. The standard InChI is InChI=1S/C20H24F3N3O3/c1-13(2)18-17(14(3)24-29-18)19(27)26-10-8-25(9-11-26)12-15-4-6-16(7-5-15)28-20(21,22)23/h4-7,13H,8-12H2,1-3H3. The van der Waals surface area contributed by atoms with Crippen LogP contribution in [0.5, 0.6) is 5.75 Å². The van der Waals surface area contributed by atoms with Crippen LogP contribution in [0.1, 0.15) is 47.1 Å². The molecule has 1 aromatic heterocycles. The van der Waals surface area contributed by atoms with E-state index in [4.69, 9.17) is 4.52 Å². The number of benzene rings is 1. The number of alkyl halides is 3. The molecule has 0 atom stereocenters. The summed E-state index contributed by atoms with van der Waals surface area (Å²) in [4.78, 5) is 16.9. The number of aryl methyl sites for hydroxylation is 1. The minimum atomic E-state index is -4.69. The van der Waals surface area contributed by atoms with E-state index in [9.17, 15) is 18.0 Å². The Kier molecular flexibility index (Phi) is 6.16. The molecular formula is C20H24F3N3O3. The van der Waals surface area contributed by atoms with Gasteiger partial charge >= 0.3 is 6.36 Å². The Balaban J connectivity index is 1.56. The number of nitrogens with zero attached hydrogens (tertiary/aromatic N) is 3. The summed E-state index contributed by atoms with van der Waals surface area (Å²) in [5, 5.41) is 3.94. The average molecular weight is 411 g/mol. The van der Waals surface area contributed by atoms with Crippen LogP contribution in [-0.2, 0) is 6.54 Å². The number of halogens is 3. The zero-order chi connectivity index (χ0) is 21.2. The number of hydrogen-bond acceptors (Lipinski definition) is 5. The minimum Gasteiger partial charge on any atom is -0.406 e. The van der Waals surface area contributed by atoms with Gasteiger partial charge in [0.1, 0.15) is 11.3 Å². The van der Waals surface area contributed by atoms with Gasteiger partial charge in [-0.2, -0.15) is 0 Å². The van der Waals surface area contributed by atoms with Gasteiger partial charge in [-0.1, -0.05) is 31.1 Å². The van der Waals surface area contributed by atoms with Crippen LogP contribution in [0.2, 0.25) is 0 Å². The van der Waals surface area contributed by atoms with E-state index < -0.39 is 6.36 Å². The third kappa shape index (κ3) is 5.29. The van der Waals surface area contributed by atoms with Crippen molar-refractivity contribution >= 4 is 5.91 Å². The molecule has 3 rings (SSSR count). The molecule has 2 heterocycles. The van der Waals surface area contributed by atoms with Crippen LogP contribution in [0.15, 0.2) is 28.8 Å². The second-order valence-corrected chi connectivity index (χ2v) is 7.42. The summed E-state index contributed by atoms with van der Waals surface area (Å²) in [6.45, 7) is 8.76. The number of hydrogen-bond donors (Lipinski definition) is 0. The first-order valence-corrected chi connectivity index (χ1v) is 9.46. The lowest BCUT2D eigenvalue weighted by molar-refractivity contribution is -0.274. The largest absolute Gasteiger partial charge is 0.573 e. The third-order valence-corrected chi connectivity index (χ3v) is 4.85. The monoisotopic (exact) mass is 411 g/mol. The molecule has 0 bridgehead atoms. The van der Waals surface area contributed by atoms with Gasteiger partial charge in [0.25, 0.3) is 5.91 Å². The highest BCUT2D eigenvalue weighted by atomic mass is 19.4. The number of rotatable bonds is 5. The van der Waals surface area contributed by atoms with Crippen molar-refractivity contribution in [2.24, 2.45) is 0 Å². The quantitative estimate of drug-likeness (QED) is 0.745. The van der Waals surface area contributed by atoms with Crippen molar-refractivity contribution in [2.45, 2.75) is 39.6 Å². The molecule has 0 aliphatic carbocycles. The third-order valence-electron chi connectivity index (χ3n) is 4.85. The molecule has 29 heavy (non-hydrogen) atoms. The van der Waals surface area contributed by atoms with Crippen molar-refractivity contribution in [1.29, 1.82) is 0 Å². The van der Waals surface area contributed by atoms with Gasteiger partial charge in [-0.05, 0) is 24.6 Å². The van der Waals surface area contributed by atoms with Crippen molar-refractivity contribution < 1.29 is 27.2 Å². The van der Waals surface area contributed by atoms with Crippen molar-refractivity contribution in [2.75, 3.05) is 26.2 Å². The molecule has 1 aromatic carbocycles. The van der Waals surface area contributed by atoms with E-state index in [1.165, 1.54) is 12.1 Å². The molecular weight excluding hydrogens is 387 g/mol. The van der Waals surface area contributed by atoms with E-state index in [2.05, 4.69) is 14.8 Å². The lowest BCUT2D eigenvalue weighted by Gasteiger charge is -2.34. The molecule has 1 saturated heterocycles. The van der Waals surface area contributed by atoms with Crippen molar-refractivity contribution in [3.63, 3.8) is 0 Å². The highest BCUT2D eigenvalue weighted by Crippen LogP contribution is 2.25. The van der Waals surface area contributed by atoms with Gasteiger partial charge in [-0.3, -0.25) is 9.69 Å². The van der Waals surface area contributed by atoms with Gasteiger partial charge in [-0.15, -0.1) is 13.2 Å². The number of ether oxygens (including phenoxy) is 1. The summed E-state index contributed by atoms with van der Waals surface area (Å²) in [6.07, 6.45) is -4.69. The molecule has 9 heteroatoms. The Bertz CT molecular complexity index is 839. The van der Waals surface area contributed by atoms with Gasteiger partial charge in [-0.25, -0.2) is 0 Å². The van der Waals surface area contributed by atoms with Crippen LogP contribution in [0.3, 0.4) is 0 Å². The van der Waals surface area contributed by atoms with Gasteiger partial charge < -0.3 is 14.2 Å². The van der Waals surface area contributed by atoms with E-state index in [1.54, 1.807) is 24.0 Å². The summed E-state index contributed by atoms with van der Waals surface area (Å²) in [7, 11) is 0. The van der Waals surface area contributed by atoms with Crippen LogP contribution in [0, 0.1) is 6.92 Å². The lowest BCUT2D eigenvalue weighted by atomic mass is 10.0. The molecule has 2 aromatic rings. The fourth-order valence-corrected chi connectivity index (χ4v) is 3.36. The van der Waals surface area contributed by atoms with Crippen LogP contribution >= 0.6 is 0 Å². The number of piperazine rings is 1. The Labute approximate surface area is 167 Å². The summed E-state index contributed by atoms with van der Waals surface area (Å²) < 4.78 is 45.9. The number of carbonyl (C=O) groups excluding carboxylic acids is 1. The number of carbonyl (C=O) groups is 1. The molecule has 1 aliphatic heterocycles. The molecule has 0 N–H and O–H groups in total. The van der Waals surface area contributed by atoms with Gasteiger partial charge in [0.05, 0.1) is 5.69 Å². The maximum Gasteiger partial charge on any atom is 0.573 e. The Morgan fingerprint density at radius 2 is 1.79 bits per heavy atom. The molecule has 0 saturated carbocycles. The molecule has 6 nitrogen and oxygen atoms in total. The molecule has 1 amide bonds. The van der Waals surface area contributed by atoms with Crippen LogP contribution in [0.4, 0.5) is 13.2 Å². The minimum absolute atomic E-state index is 0.0687. The zero-order valence-corrected chi connectivity index (χ0v) is 16.6. The van der Waals surface area contributed by atoms with Gasteiger partial charge in [0.15, 0.2) is 5.76 Å².